The summed E-state index contributed by atoms with van der Waals surface area (Å²) in [4.78, 5) is 35.9. The molecule has 0 spiro atoms. The van der Waals surface area contributed by atoms with Gasteiger partial charge in [0.05, 0.1) is 27.7 Å². The molecule has 2 unspecified atom stereocenters. The maximum atomic E-state index is 12.9. The van der Waals surface area contributed by atoms with Gasteiger partial charge in [-0.2, -0.15) is 0 Å². The van der Waals surface area contributed by atoms with Gasteiger partial charge in [-0.05, 0) is 77.0 Å². The van der Waals surface area contributed by atoms with Crippen molar-refractivity contribution in [1.29, 1.82) is 0 Å². The SMILES string of the molecule is CC/C=C\C/C=C\C/C=C\C/C=C\CCCCCCCCCCCCCCCCCCCCCCCCCCC(=O)OC(COC(=O)CCCCCCCCCCCCC/C=C\CCCCCCCCCC)COP(=O)(O)OCC[N+](C)(C)C. The predicted octanol–water partition coefficient (Wildman–Crippen LogP) is 23.4. The molecule has 10 heteroatoms. The van der Waals surface area contributed by atoms with E-state index in [9.17, 15) is 19.0 Å². The van der Waals surface area contributed by atoms with Gasteiger partial charge in [0.2, 0.25) is 0 Å². The summed E-state index contributed by atoms with van der Waals surface area (Å²) >= 11 is 0. The van der Waals surface area contributed by atoms with Gasteiger partial charge in [0.15, 0.2) is 6.10 Å². The number of allylic oxidation sites excluding steroid dienone is 10. The summed E-state index contributed by atoms with van der Waals surface area (Å²) in [5.74, 6) is -0.780. The number of rotatable bonds is 67. The molecule has 9 nitrogen and oxygen atoms in total. The molecule has 0 fully saturated rings. The lowest BCUT2D eigenvalue weighted by atomic mass is 10.0. The van der Waals surface area contributed by atoms with E-state index in [0.717, 1.165) is 57.8 Å². The van der Waals surface area contributed by atoms with Gasteiger partial charge in [0.25, 0.3) is 0 Å². The Kier molecular flexibility index (Phi) is 63.4. The van der Waals surface area contributed by atoms with Gasteiger partial charge in [0, 0.05) is 12.8 Å². The van der Waals surface area contributed by atoms with Crippen molar-refractivity contribution in [1.82, 2.24) is 0 Å². The Balaban J connectivity index is 3.95. The third-order valence-corrected chi connectivity index (χ3v) is 17.0. The molecule has 0 bridgehead atoms. The highest BCUT2D eigenvalue weighted by Gasteiger charge is 2.27. The molecule has 0 radical (unpaired) electrons. The first kappa shape index (κ1) is 81.7. The number of phosphoric acid groups is 1. The summed E-state index contributed by atoms with van der Waals surface area (Å²) < 4.78 is 34.7. The minimum Gasteiger partial charge on any atom is -0.462 e. The molecule has 0 saturated carbocycles. The van der Waals surface area contributed by atoms with Crippen LogP contribution in [0.5, 0.6) is 0 Å². The van der Waals surface area contributed by atoms with Gasteiger partial charge in [-0.15, -0.1) is 0 Å². The van der Waals surface area contributed by atoms with E-state index in [4.69, 9.17) is 18.5 Å². The Morgan fingerprint density at radius 3 is 1.02 bits per heavy atom. The molecule has 1 N–H and O–H groups in total. The molecule has 0 aromatic rings. The highest BCUT2D eigenvalue weighted by atomic mass is 31.2. The normalized spacial score (nSPS) is 13.5. The number of unbranched alkanes of at least 4 members (excludes halogenated alkanes) is 43. The van der Waals surface area contributed by atoms with Crippen molar-refractivity contribution in [3.05, 3.63) is 60.8 Å². The smallest absolute Gasteiger partial charge is 0.462 e. The fourth-order valence-corrected chi connectivity index (χ4v) is 11.3. The van der Waals surface area contributed by atoms with E-state index in [2.05, 4.69) is 74.6 Å². The van der Waals surface area contributed by atoms with E-state index in [0.29, 0.717) is 23.9 Å². The molecule has 0 amide bonds. The zero-order valence-electron chi connectivity index (χ0n) is 56.1. The number of carbonyl (C=O) groups excluding carboxylic acids is 2. The van der Waals surface area contributed by atoms with E-state index in [-0.39, 0.29) is 25.6 Å². The van der Waals surface area contributed by atoms with Crippen molar-refractivity contribution in [3.63, 3.8) is 0 Å². The first-order valence-corrected chi connectivity index (χ1v) is 37.5. The van der Waals surface area contributed by atoms with Crippen LogP contribution in [-0.4, -0.2) is 74.9 Å². The van der Waals surface area contributed by atoms with Gasteiger partial charge >= 0.3 is 19.8 Å². The number of hydrogen-bond acceptors (Lipinski definition) is 7. The first-order chi connectivity index (χ1) is 41.0. The Morgan fingerprint density at radius 2 is 0.679 bits per heavy atom. The Bertz CT molecular complexity index is 1600. The fraction of sp³-hybridized carbons (Fsp3) is 0.838. The second-order valence-electron chi connectivity index (χ2n) is 25.6. The van der Waals surface area contributed by atoms with Crippen molar-refractivity contribution in [3.8, 4) is 0 Å². The maximum absolute atomic E-state index is 12.9. The first-order valence-electron chi connectivity index (χ1n) is 36.0. The topological polar surface area (TPSA) is 108 Å². The molecular formula is C74H139NO8P+. The highest BCUT2D eigenvalue weighted by Crippen LogP contribution is 2.43. The maximum Gasteiger partial charge on any atom is 0.472 e. The summed E-state index contributed by atoms with van der Waals surface area (Å²) in [5.41, 5.74) is 0. The fourth-order valence-electron chi connectivity index (χ4n) is 10.5. The minimum absolute atomic E-state index is 0.0334. The van der Waals surface area contributed by atoms with E-state index >= 15 is 0 Å². The van der Waals surface area contributed by atoms with Crippen LogP contribution >= 0.6 is 7.82 Å². The van der Waals surface area contributed by atoms with Crippen molar-refractivity contribution < 1.29 is 42.1 Å². The molecule has 0 aliphatic rings. The molecule has 492 valence electrons. The Morgan fingerprint density at radius 1 is 0.381 bits per heavy atom. The zero-order valence-corrected chi connectivity index (χ0v) is 57.0. The number of quaternary nitrogens is 1. The second kappa shape index (κ2) is 65.2. The monoisotopic (exact) mass is 1200 g/mol. The molecule has 0 aromatic carbocycles. The molecule has 84 heavy (non-hydrogen) atoms. The van der Waals surface area contributed by atoms with Crippen LogP contribution in [0.15, 0.2) is 60.8 Å². The lowest BCUT2D eigenvalue weighted by Gasteiger charge is -2.24. The Hall–Kier alpha value is -2.29. The summed E-state index contributed by atoms with van der Waals surface area (Å²) in [6.07, 6.45) is 86.3. The molecule has 0 aromatic heterocycles. The predicted molar refractivity (Wildman–Crippen MR) is 363 cm³/mol. The van der Waals surface area contributed by atoms with Crippen LogP contribution in [0.4, 0.5) is 0 Å². The van der Waals surface area contributed by atoms with Gasteiger partial charge in [0.1, 0.15) is 19.8 Å². The molecule has 0 aliphatic carbocycles. The third-order valence-electron chi connectivity index (χ3n) is 16.0. The number of esters is 2. The van der Waals surface area contributed by atoms with Gasteiger partial charge in [-0.1, -0.05) is 319 Å². The van der Waals surface area contributed by atoms with Crippen LogP contribution in [0.2, 0.25) is 0 Å². The number of ether oxygens (including phenoxy) is 2. The van der Waals surface area contributed by atoms with Crippen LogP contribution in [-0.2, 0) is 32.7 Å². The van der Waals surface area contributed by atoms with Crippen LogP contribution in [0.3, 0.4) is 0 Å². The van der Waals surface area contributed by atoms with E-state index in [1.165, 1.54) is 257 Å². The standard InChI is InChI=1S/C74H138NO8P/c1-6-8-10-12-14-16-18-20-22-24-26-28-30-31-32-33-34-35-36-37-38-39-40-41-42-43-45-47-49-51-53-55-57-59-61-63-65-67-74(77)83-72(71-82-84(78,79)81-69-68-75(3,4)5)70-80-73(76)66-64-62-60-58-56-54-52-50-48-46-44-29-27-25-23-21-19-17-15-13-11-9-7-2/h8,10,14,16,20,22,25-28,72H,6-7,9,11-13,15,17-19,21,23-24,29-71H2,1-5H3/p+1/b10-8-,16-14-,22-20-,27-25-,28-26-. The number of phosphoric ester groups is 1. The average Bonchev–Trinajstić information content (AvgIpc) is 3.61. The van der Waals surface area contributed by atoms with Gasteiger partial charge in [-0.3, -0.25) is 18.6 Å². The summed E-state index contributed by atoms with van der Waals surface area (Å²) in [7, 11) is 1.49. The van der Waals surface area contributed by atoms with Crippen LogP contribution in [0.25, 0.3) is 0 Å². The Labute approximate surface area is 521 Å². The van der Waals surface area contributed by atoms with Crippen LogP contribution in [0, 0.1) is 0 Å². The highest BCUT2D eigenvalue weighted by molar-refractivity contribution is 7.47. The van der Waals surface area contributed by atoms with E-state index in [1.54, 1.807) is 0 Å². The third kappa shape index (κ3) is 68.8. The molecule has 0 aliphatic heterocycles. The number of carbonyl (C=O) groups is 2. The average molecular weight is 1200 g/mol. The second-order valence-corrected chi connectivity index (χ2v) is 27.0. The molecule has 0 heterocycles. The molecule has 0 rings (SSSR count). The van der Waals surface area contributed by atoms with Gasteiger partial charge < -0.3 is 18.9 Å². The van der Waals surface area contributed by atoms with Crippen molar-refractivity contribution in [2.45, 2.75) is 354 Å². The van der Waals surface area contributed by atoms with Crippen molar-refractivity contribution in [2.24, 2.45) is 0 Å². The van der Waals surface area contributed by atoms with E-state index < -0.39 is 26.5 Å². The van der Waals surface area contributed by atoms with Crippen LogP contribution < -0.4 is 0 Å². The number of nitrogens with zero attached hydrogens (tertiary/aromatic N) is 1. The lowest BCUT2D eigenvalue weighted by Crippen LogP contribution is -2.37. The number of hydrogen-bond donors (Lipinski definition) is 1. The molecule has 0 saturated heterocycles. The largest absolute Gasteiger partial charge is 0.472 e. The molecule has 2 atom stereocenters. The lowest BCUT2D eigenvalue weighted by molar-refractivity contribution is -0.870. The van der Waals surface area contributed by atoms with Crippen LogP contribution in [0.1, 0.15) is 348 Å². The van der Waals surface area contributed by atoms with Crippen molar-refractivity contribution >= 4 is 19.8 Å². The summed E-state index contributed by atoms with van der Waals surface area (Å²) in [6.45, 7) is 4.38. The zero-order chi connectivity index (χ0) is 61.2. The summed E-state index contributed by atoms with van der Waals surface area (Å²) in [6, 6.07) is 0. The van der Waals surface area contributed by atoms with E-state index in [1.807, 2.05) is 21.1 Å². The van der Waals surface area contributed by atoms with Gasteiger partial charge in [-0.25, -0.2) is 4.57 Å². The quantitative estimate of drug-likeness (QED) is 0.0211. The molecular weight excluding hydrogens is 1060 g/mol. The van der Waals surface area contributed by atoms with Crippen molar-refractivity contribution in [2.75, 3.05) is 47.5 Å². The minimum atomic E-state index is -4.39. The number of likely N-dealkylation sites (N-methyl/N-ethyl adjacent to an activating group) is 1. The summed E-state index contributed by atoms with van der Waals surface area (Å²) in [5, 5.41) is 0.